The molecular formula is C27H25N5O2. The first kappa shape index (κ1) is 21.7. The Morgan fingerprint density at radius 3 is 2.74 bits per heavy atom. The lowest BCUT2D eigenvalue weighted by Crippen LogP contribution is -2.44. The molecule has 1 aliphatic rings. The smallest absolute Gasteiger partial charge is 0.254 e. The van der Waals surface area contributed by atoms with Gasteiger partial charge in [-0.3, -0.25) is 14.6 Å². The molecule has 1 saturated heterocycles. The van der Waals surface area contributed by atoms with Gasteiger partial charge in [0, 0.05) is 42.6 Å². The van der Waals surface area contributed by atoms with E-state index in [1.54, 1.807) is 29.6 Å². The number of hydrogen-bond donors (Lipinski definition) is 1. The summed E-state index contributed by atoms with van der Waals surface area (Å²) in [6.07, 6.45) is 6.68. The van der Waals surface area contributed by atoms with Gasteiger partial charge in [0.2, 0.25) is 5.91 Å². The van der Waals surface area contributed by atoms with Gasteiger partial charge in [0.15, 0.2) is 0 Å². The highest BCUT2D eigenvalue weighted by Gasteiger charge is 2.30. The van der Waals surface area contributed by atoms with E-state index in [4.69, 9.17) is 4.98 Å². The van der Waals surface area contributed by atoms with Gasteiger partial charge < -0.3 is 10.2 Å². The molecule has 1 aromatic carbocycles. The minimum absolute atomic E-state index is 0.0882. The van der Waals surface area contributed by atoms with E-state index in [0.717, 1.165) is 34.9 Å². The molecule has 7 heteroatoms. The molecule has 0 radical (unpaired) electrons. The van der Waals surface area contributed by atoms with Gasteiger partial charge in [0.1, 0.15) is 5.82 Å². The van der Waals surface area contributed by atoms with Crippen LogP contribution in [0.4, 0.5) is 5.82 Å². The molecule has 4 aromatic rings. The number of para-hydroxylation sites is 1. The second kappa shape index (κ2) is 9.39. The molecule has 5 rings (SSSR count). The Hall–Kier alpha value is -4.13. The Bertz CT molecular complexity index is 1340. The molecule has 34 heavy (non-hydrogen) atoms. The molecule has 3 aromatic heterocycles. The predicted octanol–water partition coefficient (Wildman–Crippen LogP) is 4.49. The van der Waals surface area contributed by atoms with Gasteiger partial charge in [-0.2, -0.15) is 0 Å². The molecule has 7 nitrogen and oxygen atoms in total. The van der Waals surface area contributed by atoms with E-state index in [1.807, 2.05) is 55.5 Å². The average molecular weight is 452 g/mol. The van der Waals surface area contributed by atoms with Crippen molar-refractivity contribution < 1.29 is 9.59 Å². The zero-order chi connectivity index (χ0) is 23.5. The minimum atomic E-state index is -0.285. The van der Waals surface area contributed by atoms with E-state index in [-0.39, 0.29) is 17.7 Å². The number of aryl methyl sites for hydroxylation is 1. The number of rotatable bonds is 4. The number of nitrogens with one attached hydrogen (secondary N) is 1. The summed E-state index contributed by atoms with van der Waals surface area (Å²) >= 11 is 0. The highest BCUT2D eigenvalue weighted by Crippen LogP contribution is 2.27. The molecule has 0 bridgehead atoms. The molecule has 170 valence electrons. The summed E-state index contributed by atoms with van der Waals surface area (Å²) in [4.78, 5) is 41.6. The Labute approximate surface area is 197 Å². The summed E-state index contributed by atoms with van der Waals surface area (Å²) in [6, 6.07) is 17.0. The summed E-state index contributed by atoms with van der Waals surface area (Å²) in [5.41, 5.74) is 3.92. The van der Waals surface area contributed by atoms with E-state index in [1.165, 1.54) is 0 Å². The quantitative estimate of drug-likeness (QED) is 0.494. The van der Waals surface area contributed by atoms with Crippen LogP contribution >= 0.6 is 0 Å². The lowest BCUT2D eigenvalue weighted by molar-refractivity contribution is -0.121. The summed E-state index contributed by atoms with van der Waals surface area (Å²) < 4.78 is 0. The van der Waals surface area contributed by atoms with Crippen LogP contribution in [0, 0.1) is 12.8 Å². The number of anilines is 1. The third-order valence-corrected chi connectivity index (χ3v) is 6.15. The molecule has 1 fully saturated rings. The number of likely N-dealkylation sites (tertiary alicyclic amines) is 1. The first-order chi connectivity index (χ1) is 16.6. The number of fused-ring (bicyclic) bond motifs is 1. The van der Waals surface area contributed by atoms with E-state index < -0.39 is 0 Å². The first-order valence-corrected chi connectivity index (χ1v) is 11.4. The summed E-state index contributed by atoms with van der Waals surface area (Å²) in [7, 11) is 0. The van der Waals surface area contributed by atoms with E-state index >= 15 is 0 Å². The molecule has 1 unspecified atom stereocenters. The lowest BCUT2D eigenvalue weighted by Gasteiger charge is -2.32. The van der Waals surface area contributed by atoms with E-state index in [9.17, 15) is 9.59 Å². The molecule has 1 atom stereocenters. The second-order valence-corrected chi connectivity index (χ2v) is 8.61. The van der Waals surface area contributed by atoms with E-state index in [0.29, 0.717) is 30.2 Å². The van der Waals surface area contributed by atoms with Crippen LogP contribution in [0.1, 0.15) is 28.8 Å². The Morgan fingerprint density at radius 2 is 1.94 bits per heavy atom. The summed E-state index contributed by atoms with van der Waals surface area (Å²) in [5, 5.41) is 3.69. The highest BCUT2D eigenvalue weighted by molar-refractivity contribution is 6.07. The summed E-state index contributed by atoms with van der Waals surface area (Å²) in [6.45, 7) is 2.94. The van der Waals surface area contributed by atoms with Crippen LogP contribution < -0.4 is 5.32 Å². The molecule has 1 N–H and O–H groups in total. The number of piperidine rings is 1. The van der Waals surface area contributed by atoms with Gasteiger partial charge in [0.25, 0.3) is 5.91 Å². The zero-order valence-corrected chi connectivity index (χ0v) is 18.9. The van der Waals surface area contributed by atoms with Crippen LogP contribution in [0.15, 0.2) is 73.2 Å². The molecular weight excluding hydrogens is 426 g/mol. The van der Waals surface area contributed by atoms with Crippen molar-refractivity contribution in [2.45, 2.75) is 19.8 Å². The molecule has 0 saturated carbocycles. The van der Waals surface area contributed by atoms with Crippen molar-refractivity contribution in [2.75, 3.05) is 18.4 Å². The molecule has 2 amide bonds. The largest absolute Gasteiger partial charge is 0.338 e. The van der Waals surface area contributed by atoms with Gasteiger partial charge in [-0.15, -0.1) is 0 Å². The van der Waals surface area contributed by atoms with Crippen molar-refractivity contribution in [1.82, 2.24) is 19.9 Å². The van der Waals surface area contributed by atoms with Crippen molar-refractivity contribution in [3.8, 4) is 11.3 Å². The Morgan fingerprint density at radius 1 is 1.06 bits per heavy atom. The summed E-state index contributed by atoms with van der Waals surface area (Å²) in [5.74, 6) is 0.0474. The van der Waals surface area contributed by atoms with Crippen LogP contribution in [-0.4, -0.2) is 44.8 Å². The topological polar surface area (TPSA) is 88.1 Å². The van der Waals surface area contributed by atoms with Crippen LogP contribution in [0.25, 0.3) is 22.2 Å². The van der Waals surface area contributed by atoms with Crippen molar-refractivity contribution in [1.29, 1.82) is 0 Å². The number of carbonyl (C=O) groups is 2. The number of aromatic nitrogens is 3. The third-order valence-electron chi connectivity index (χ3n) is 6.15. The number of carbonyl (C=O) groups excluding carboxylic acids is 2. The van der Waals surface area contributed by atoms with Crippen LogP contribution in [0.2, 0.25) is 0 Å². The zero-order valence-electron chi connectivity index (χ0n) is 18.9. The van der Waals surface area contributed by atoms with Crippen LogP contribution in [-0.2, 0) is 4.79 Å². The number of benzene rings is 1. The van der Waals surface area contributed by atoms with Crippen molar-refractivity contribution in [3.63, 3.8) is 0 Å². The highest BCUT2D eigenvalue weighted by atomic mass is 16.2. The molecule has 0 aliphatic carbocycles. The maximum atomic E-state index is 13.7. The molecule has 1 aliphatic heterocycles. The fraction of sp³-hybridized carbons (Fsp3) is 0.222. The maximum absolute atomic E-state index is 13.7. The normalized spacial score (nSPS) is 15.8. The monoisotopic (exact) mass is 451 g/mol. The van der Waals surface area contributed by atoms with Crippen molar-refractivity contribution in [2.24, 2.45) is 5.92 Å². The van der Waals surface area contributed by atoms with Gasteiger partial charge >= 0.3 is 0 Å². The van der Waals surface area contributed by atoms with Gasteiger partial charge in [0.05, 0.1) is 22.7 Å². The molecule has 0 spiro atoms. The number of nitrogens with zero attached hydrogens (tertiary/aromatic N) is 4. The number of amides is 2. The maximum Gasteiger partial charge on any atom is 0.254 e. The lowest BCUT2D eigenvalue weighted by atomic mass is 9.95. The standard InChI is InChI=1S/C27H25N5O2/c1-18-10-11-25(29-15-18)31-26(33)20-7-5-13-32(17-20)27(34)22-14-24(19-6-4-12-28-16-19)30-23-9-3-2-8-21(22)23/h2-4,6,8-12,14-16,20H,5,7,13,17H2,1H3,(H,29,31,33). The Balaban J connectivity index is 1.41. The average Bonchev–Trinajstić information content (AvgIpc) is 2.89. The SMILES string of the molecule is Cc1ccc(NC(=O)C2CCCN(C(=O)c3cc(-c4cccnc4)nc4ccccc34)C2)nc1. The van der Waals surface area contributed by atoms with Crippen molar-refractivity contribution >= 4 is 28.5 Å². The van der Waals surface area contributed by atoms with Gasteiger partial charge in [-0.25, -0.2) is 9.97 Å². The fourth-order valence-corrected chi connectivity index (χ4v) is 4.33. The first-order valence-electron chi connectivity index (χ1n) is 11.4. The number of pyridine rings is 3. The number of hydrogen-bond acceptors (Lipinski definition) is 5. The Kier molecular flexibility index (Phi) is 5.99. The van der Waals surface area contributed by atoms with Crippen molar-refractivity contribution in [3.05, 3.63) is 84.3 Å². The molecule has 4 heterocycles. The minimum Gasteiger partial charge on any atom is -0.338 e. The second-order valence-electron chi connectivity index (χ2n) is 8.61. The van der Waals surface area contributed by atoms with E-state index in [2.05, 4.69) is 15.3 Å². The fourth-order valence-electron chi connectivity index (χ4n) is 4.33. The van der Waals surface area contributed by atoms with Gasteiger partial charge in [-0.05, 0) is 55.7 Å². The predicted molar refractivity (Wildman–Crippen MR) is 131 cm³/mol. The third kappa shape index (κ3) is 4.50. The van der Waals surface area contributed by atoms with Crippen LogP contribution in [0.5, 0.6) is 0 Å². The van der Waals surface area contributed by atoms with Crippen LogP contribution in [0.3, 0.4) is 0 Å². The van der Waals surface area contributed by atoms with Gasteiger partial charge in [-0.1, -0.05) is 24.3 Å².